The summed E-state index contributed by atoms with van der Waals surface area (Å²) in [5.41, 5.74) is 1.58. The highest BCUT2D eigenvalue weighted by molar-refractivity contribution is 6.33. The number of halogens is 2. The molecule has 2 aromatic heterocycles. The summed E-state index contributed by atoms with van der Waals surface area (Å²) in [6.07, 6.45) is 1.48. The van der Waals surface area contributed by atoms with E-state index in [9.17, 15) is 10.1 Å². The third-order valence-electron chi connectivity index (χ3n) is 4.94. The van der Waals surface area contributed by atoms with Crippen molar-refractivity contribution < 1.29 is 9.34 Å². The molecule has 0 saturated carbocycles. The van der Waals surface area contributed by atoms with Gasteiger partial charge >= 0.3 is 0 Å². The van der Waals surface area contributed by atoms with Crippen LogP contribution >= 0.6 is 24.0 Å². The predicted molar refractivity (Wildman–Crippen MR) is 147 cm³/mol. The lowest BCUT2D eigenvalue weighted by molar-refractivity contribution is -0.384. The number of non-ortho nitro benzene ring substituents is 1. The molecule has 192 valence electrons. The summed E-state index contributed by atoms with van der Waals surface area (Å²) in [5, 5.41) is 17.3. The maximum atomic E-state index is 10.9. The molecule has 0 saturated heterocycles. The van der Waals surface area contributed by atoms with Gasteiger partial charge in [-0.05, 0) is 23.8 Å². The van der Waals surface area contributed by atoms with Crippen molar-refractivity contribution in [3.05, 3.63) is 87.1 Å². The number of hydrogen-bond donors (Lipinski definition) is 2. The Morgan fingerprint density at radius 2 is 1.84 bits per heavy atom. The minimum absolute atomic E-state index is 0. The van der Waals surface area contributed by atoms with E-state index in [0.29, 0.717) is 41.5 Å². The van der Waals surface area contributed by atoms with Crippen LogP contribution < -0.4 is 15.5 Å². The summed E-state index contributed by atoms with van der Waals surface area (Å²) in [4.78, 5) is 29.7. The summed E-state index contributed by atoms with van der Waals surface area (Å²) in [5.74, 6) is 2.35. The van der Waals surface area contributed by atoms with Gasteiger partial charge < -0.3 is 20.0 Å². The van der Waals surface area contributed by atoms with Crippen molar-refractivity contribution >= 4 is 53.9 Å². The van der Waals surface area contributed by atoms with Gasteiger partial charge in [-0.1, -0.05) is 41.9 Å². The standard InChI is InChI=1S/C24H23ClN8O3.ClH/c1-32(2)24-30-22(27-13-16-6-4-3-5-7-16)29-23(31-24)28-15-26-14-18-9-11-21(36-18)19-10-8-17(33(34)35)12-20(19)25;/h3-12,15H,13-14H2,1-2H3,(H2,26,27,28,29,30,31);1H. The Morgan fingerprint density at radius 3 is 2.54 bits per heavy atom. The number of aliphatic imine (C=N–C) groups is 1. The summed E-state index contributed by atoms with van der Waals surface area (Å²) in [7, 11) is 3.69. The predicted octanol–water partition coefficient (Wildman–Crippen LogP) is 5.43. The van der Waals surface area contributed by atoms with Crippen LogP contribution in [-0.2, 0) is 13.1 Å². The molecule has 0 bridgehead atoms. The zero-order valence-electron chi connectivity index (χ0n) is 20.0. The second kappa shape index (κ2) is 12.7. The third-order valence-corrected chi connectivity index (χ3v) is 5.25. The van der Waals surface area contributed by atoms with Crippen LogP contribution in [-0.4, -0.2) is 40.3 Å². The van der Waals surface area contributed by atoms with Crippen molar-refractivity contribution in [2.45, 2.75) is 13.1 Å². The molecule has 0 aliphatic carbocycles. The number of aromatic nitrogens is 3. The van der Waals surface area contributed by atoms with Gasteiger partial charge in [0.2, 0.25) is 17.8 Å². The highest BCUT2D eigenvalue weighted by Gasteiger charge is 2.13. The minimum Gasteiger partial charge on any atom is -0.459 e. The molecule has 0 radical (unpaired) electrons. The second-order valence-electron chi connectivity index (χ2n) is 7.82. The van der Waals surface area contributed by atoms with Crippen LogP contribution in [0.25, 0.3) is 11.3 Å². The largest absolute Gasteiger partial charge is 0.459 e. The van der Waals surface area contributed by atoms with E-state index in [4.69, 9.17) is 16.0 Å². The van der Waals surface area contributed by atoms with Crippen molar-refractivity contribution in [1.82, 2.24) is 15.0 Å². The van der Waals surface area contributed by atoms with E-state index in [1.165, 1.54) is 18.5 Å². The zero-order valence-corrected chi connectivity index (χ0v) is 21.5. The van der Waals surface area contributed by atoms with E-state index >= 15 is 0 Å². The Kier molecular flexibility index (Phi) is 9.36. The topological polar surface area (TPSA) is 135 Å². The summed E-state index contributed by atoms with van der Waals surface area (Å²) in [6, 6.07) is 17.7. The first-order chi connectivity index (χ1) is 17.4. The van der Waals surface area contributed by atoms with E-state index < -0.39 is 4.92 Å². The first kappa shape index (κ1) is 27.4. The Balaban J connectivity index is 0.00000380. The molecule has 0 amide bonds. The maximum Gasteiger partial charge on any atom is 0.270 e. The van der Waals surface area contributed by atoms with Crippen LogP contribution in [0.1, 0.15) is 11.3 Å². The molecule has 2 aromatic carbocycles. The Bertz CT molecular complexity index is 1380. The van der Waals surface area contributed by atoms with E-state index in [0.717, 1.165) is 5.56 Å². The second-order valence-corrected chi connectivity index (χ2v) is 8.22. The highest BCUT2D eigenvalue weighted by Crippen LogP contribution is 2.32. The molecule has 2 N–H and O–H groups in total. The van der Waals surface area contributed by atoms with E-state index in [-0.39, 0.29) is 29.7 Å². The molecule has 4 rings (SSSR count). The number of furan rings is 1. The number of nitrogens with zero attached hydrogens (tertiary/aromatic N) is 6. The molecule has 4 aromatic rings. The molecule has 11 nitrogen and oxygen atoms in total. The summed E-state index contributed by atoms with van der Waals surface area (Å²) in [6.45, 7) is 0.827. The monoisotopic (exact) mass is 542 g/mol. The summed E-state index contributed by atoms with van der Waals surface area (Å²) < 4.78 is 5.79. The van der Waals surface area contributed by atoms with Gasteiger partial charge in [-0.3, -0.25) is 15.1 Å². The van der Waals surface area contributed by atoms with Gasteiger partial charge in [0.1, 0.15) is 11.5 Å². The van der Waals surface area contributed by atoms with Gasteiger partial charge in [-0.2, -0.15) is 15.0 Å². The fourth-order valence-electron chi connectivity index (χ4n) is 3.15. The first-order valence-corrected chi connectivity index (χ1v) is 11.3. The molecule has 0 aliphatic heterocycles. The highest BCUT2D eigenvalue weighted by atomic mass is 35.5. The maximum absolute atomic E-state index is 10.9. The van der Waals surface area contributed by atoms with Gasteiger partial charge in [0.25, 0.3) is 5.69 Å². The minimum atomic E-state index is -0.499. The van der Waals surface area contributed by atoms with Crippen LogP contribution in [0.5, 0.6) is 0 Å². The molecule has 0 spiro atoms. The van der Waals surface area contributed by atoms with Crippen LogP contribution in [0, 0.1) is 10.1 Å². The average Bonchev–Trinajstić information content (AvgIpc) is 3.34. The van der Waals surface area contributed by atoms with Crippen molar-refractivity contribution in [1.29, 1.82) is 0 Å². The number of nitrogens with one attached hydrogen (secondary N) is 2. The van der Waals surface area contributed by atoms with Crippen LogP contribution in [0.3, 0.4) is 0 Å². The zero-order chi connectivity index (χ0) is 25.5. The number of benzene rings is 2. The van der Waals surface area contributed by atoms with Crippen molar-refractivity contribution in [3.63, 3.8) is 0 Å². The van der Waals surface area contributed by atoms with Crippen LogP contribution in [0.15, 0.2) is 70.1 Å². The Hall–Kier alpha value is -4.22. The van der Waals surface area contributed by atoms with Gasteiger partial charge in [-0.25, -0.2) is 0 Å². The Labute approximate surface area is 224 Å². The quantitative estimate of drug-likeness (QED) is 0.116. The normalized spacial score (nSPS) is 10.7. The number of hydrogen-bond acceptors (Lipinski definition) is 9. The number of rotatable bonds is 10. The lowest BCUT2D eigenvalue weighted by atomic mass is 10.1. The first-order valence-electron chi connectivity index (χ1n) is 10.9. The Morgan fingerprint density at radius 1 is 1.08 bits per heavy atom. The lowest BCUT2D eigenvalue weighted by Gasteiger charge is -2.13. The number of nitro benzene ring substituents is 1. The summed E-state index contributed by atoms with van der Waals surface area (Å²) >= 11 is 6.19. The third kappa shape index (κ3) is 7.38. The molecular formula is C24H24Cl2N8O3. The molecule has 13 heteroatoms. The van der Waals surface area contributed by atoms with E-state index in [1.807, 2.05) is 44.4 Å². The average molecular weight is 543 g/mol. The lowest BCUT2D eigenvalue weighted by Crippen LogP contribution is -2.17. The SMILES string of the molecule is CN(C)c1nc(NC=NCc2ccc(-c3ccc([N+](=O)[O-])cc3Cl)o2)nc(NCc2ccccc2)n1.Cl. The number of anilines is 3. The fraction of sp³-hybridized carbons (Fsp3) is 0.167. The molecule has 37 heavy (non-hydrogen) atoms. The van der Waals surface area contributed by atoms with Crippen molar-refractivity contribution in [2.75, 3.05) is 29.6 Å². The molecule has 2 heterocycles. The molecule has 0 fully saturated rings. The van der Waals surface area contributed by atoms with E-state index in [2.05, 4.69) is 30.6 Å². The molecular weight excluding hydrogens is 519 g/mol. The van der Waals surface area contributed by atoms with Crippen molar-refractivity contribution in [2.24, 2.45) is 4.99 Å². The van der Waals surface area contributed by atoms with Crippen LogP contribution in [0.2, 0.25) is 5.02 Å². The molecule has 0 unspecified atom stereocenters. The van der Waals surface area contributed by atoms with Gasteiger partial charge in [0.15, 0.2) is 0 Å². The van der Waals surface area contributed by atoms with Gasteiger partial charge in [0.05, 0.1) is 22.8 Å². The fourth-order valence-corrected chi connectivity index (χ4v) is 3.42. The van der Waals surface area contributed by atoms with E-state index in [1.54, 1.807) is 23.1 Å². The van der Waals surface area contributed by atoms with Crippen molar-refractivity contribution in [3.8, 4) is 11.3 Å². The smallest absolute Gasteiger partial charge is 0.270 e. The number of nitro groups is 1. The molecule has 0 aliphatic rings. The van der Waals surface area contributed by atoms with Gasteiger partial charge in [-0.15, -0.1) is 12.4 Å². The van der Waals surface area contributed by atoms with Gasteiger partial charge in [0, 0.05) is 38.3 Å². The van der Waals surface area contributed by atoms with Crippen LogP contribution in [0.4, 0.5) is 23.5 Å². The molecule has 0 atom stereocenters.